The molecule has 2 aromatic rings. The maximum absolute atomic E-state index is 12.8. The van der Waals surface area contributed by atoms with Gasteiger partial charge >= 0.3 is 0 Å². The third kappa shape index (κ3) is 3.38. The number of aliphatic hydroxyl groups excluding tert-OH is 1. The number of aliphatic hydroxyl groups is 1. The number of hydrogen-bond donors (Lipinski definition) is 1. The van der Waals surface area contributed by atoms with Gasteiger partial charge < -0.3 is 5.11 Å². The van der Waals surface area contributed by atoms with Crippen LogP contribution in [-0.4, -0.2) is 20.1 Å². The van der Waals surface area contributed by atoms with Crippen molar-refractivity contribution in [3.63, 3.8) is 0 Å². The maximum Gasteiger partial charge on any atom is 0.123 e. The van der Waals surface area contributed by atoms with Crippen LogP contribution in [0.4, 0.5) is 4.39 Å². The molecule has 1 atom stereocenters. The molecule has 102 valence electrons. The molecule has 1 heterocycles. The molecule has 5 heteroatoms. The monoisotopic (exact) mass is 263 g/mol. The average Bonchev–Trinajstić information content (AvgIpc) is 2.78. The van der Waals surface area contributed by atoms with Crippen molar-refractivity contribution >= 4 is 0 Å². The molecule has 1 aromatic heterocycles. The Kier molecular flexibility index (Phi) is 3.66. The van der Waals surface area contributed by atoms with Gasteiger partial charge in [-0.15, -0.1) is 5.10 Å². The highest BCUT2D eigenvalue weighted by molar-refractivity contribution is 5.16. The van der Waals surface area contributed by atoms with E-state index >= 15 is 0 Å². The van der Waals surface area contributed by atoms with Crippen molar-refractivity contribution in [3.05, 3.63) is 47.5 Å². The Morgan fingerprint density at radius 2 is 1.89 bits per heavy atom. The standard InChI is InChI=1S/C14H18FN3O/c1-14(2,3)13(19)12-9-18(17-16-12)8-10-4-6-11(15)7-5-10/h4-7,9,13,19H,8H2,1-3H3. The molecule has 0 saturated heterocycles. The molecule has 0 spiro atoms. The van der Waals surface area contributed by atoms with Gasteiger partial charge in [0.1, 0.15) is 17.6 Å². The van der Waals surface area contributed by atoms with Crippen LogP contribution in [0.25, 0.3) is 0 Å². The zero-order valence-corrected chi connectivity index (χ0v) is 11.3. The summed E-state index contributed by atoms with van der Waals surface area (Å²) in [5.74, 6) is -0.258. The summed E-state index contributed by atoms with van der Waals surface area (Å²) in [6, 6.07) is 6.24. The van der Waals surface area contributed by atoms with Gasteiger partial charge in [-0.05, 0) is 23.1 Å². The Morgan fingerprint density at radius 3 is 2.47 bits per heavy atom. The van der Waals surface area contributed by atoms with Crippen LogP contribution in [-0.2, 0) is 6.54 Å². The number of halogens is 1. The highest BCUT2D eigenvalue weighted by atomic mass is 19.1. The van der Waals surface area contributed by atoms with Crippen LogP contribution in [0.5, 0.6) is 0 Å². The molecule has 0 aliphatic rings. The summed E-state index contributed by atoms with van der Waals surface area (Å²) in [6.07, 6.45) is 1.06. The molecule has 4 nitrogen and oxygen atoms in total. The van der Waals surface area contributed by atoms with E-state index in [0.29, 0.717) is 12.2 Å². The topological polar surface area (TPSA) is 50.9 Å². The molecule has 0 aliphatic carbocycles. The summed E-state index contributed by atoms with van der Waals surface area (Å²) in [4.78, 5) is 0. The van der Waals surface area contributed by atoms with E-state index in [9.17, 15) is 9.50 Å². The van der Waals surface area contributed by atoms with Crippen molar-refractivity contribution in [2.24, 2.45) is 5.41 Å². The van der Waals surface area contributed by atoms with Crippen LogP contribution in [0.2, 0.25) is 0 Å². The van der Waals surface area contributed by atoms with Crippen molar-refractivity contribution in [1.82, 2.24) is 15.0 Å². The number of aromatic nitrogens is 3. The lowest BCUT2D eigenvalue weighted by Crippen LogP contribution is -2.18. The molecule has 0 amide bonds. The van der Waals surface area contributed by atoms with Crippen molar-refractivity contribution in [2.75, 3.05) is 0 Å². The van der Waals surface area contributed by atoms with Gasteiger partial charge in [-0.1, -0.05) is 38.1 Å². The largest absolute Gasteiger partial charge is 0.386 e. The molecular weight excluding hydrogens is 245 g/mol. The van der Waals surface area contributed by atoms with Crippen LogP contribution in [0.3, 0.4) is 0 Å². The first kappa shape index (κ1) is 13.7. The Bertz CT molecular complexity index is 543. The lowest BCUT2D eigenvalue weighted by molar-refractivity contribution is 0.0588. The Morgan fingerprint density at radius 1 is 1.26 bits per heavy atom. The number of hydrogen-bond acceptors (Lipinski definition) is 3. The molecule has 0 saturated carbocycles. The molecule has 0 radical (unpaired) electrons. The fourth-order valence-corrected chi connectivity index (χ4v) is 1.74. The SMILES string of the molecule is CC(C)(C)C(O)c1cn(Cc2ccc(F)cc2)nn1. The first-order valence-electron chi connectivity index (χ1n) is 6.19. The minimum atomic E-state index is -0.658. The molecule has 2 rings (SSSR count). The number of benzene rings is 1. The van der Waals surface area contributed by atoms with E-state index in [1.165, 1.54) is 12.1 Å². The smallest absolute Gasteiger partial charge is 0.123 e. The lowest BCUT2D eigenvalue weighted by atomic mass is 9.87. The van der Waals surface area contributed by atoms with Crippen molar-refractivity contribution in [1.29, 1.82) is 0 Å². The quantitative estimate of drug-likeness (QED) is 0.925. The van der Waals surface area contributed by atoms with Crippen LogP contribution in [0, 0.1) is 11.2 Å². The summed E-state index contributed by atoms with van der Waals surface area (Å²) in [7, 11) is 0. The zero-order valence-electron chi connectivity index (χ0n) is 11.3. The van der Waals surface area contributed by atoms with E-state index in [-0.39, 0.29) is 11.2 Å². The third-order valence-corrected chi connectivity index (χ3v) is 2.91. The second kappa shape index (κ2) is 5.09. The normalized spacial score (nSPS) is 13.5. The van der Waals surface area contributed by atoms with E-state index in [1.54, 1.807) is 23.0 Å². The first-order valence-corrected chi connectivity index (χ1v) is 6.19. The third-order valence-electron chi connectivity index (χ3n) is 2.91. The predicted octanol–water partition coefficient (Wildman–Crippen LogP) is 2.55. The Balaban J connectivity index is 2.11. The average molecular weight is 263 g/mol. The molecule has 1 N–H and O–H groups in total. The summed E-state index contributed by atoms with van der Waals surface area (Å²) in [6.45, 7) is 6.33. The summed E-state index contributed by atoms with van der Waals surface area (Å²) >= 11 is 0. The highest BCUT2D eigenvalue weighted by Crippen LogP contribution is 2.30. The fraction of sp³-hybridized carbons (Fsp3) is 0.429. The zero-order chi connectivity index (χ0) is 14.0. The number of nitrogens with zero attached hydrogens (tertiary/aromatic N) is 3. The van der Waals surface area contributed by atoms with E-state index in [4.69, 9.17) is 0 Å². The summed E-state index contributed by atoms with van der Waals surface area (Å²) in [5, 5.41) is 18.1. The van der Waals surface area contributed by atoms with Gasteiger partial charge in [-0.2, -0.15) is 0 Å². The van der Waals surface area contributed by atoms with Gasteiger partial charge in [0.2, 0.25) is 0 Å². The van der Waals surface area contributed by atoms with Crippen LogP contribution >= 0.6 is 0 Å². The predicted molar refractivity (Wildman–Crippen MR) is 69.9 cm³/mol. The summed E-state index contributed by atoms with van der Waals surface area (Å²) < 4.78 is 14.4. The molecule has 0 bridgehead atoms. The van der Waals surface area contributed by atoms with Gasteiger partial charge in [-0.25, -0.2) is 9.07 Å². The Labute approximate surface area is 111 Å². The van der Waals surface area contributed by atoms with Crippen molar-refractivity contribution in [2.45, 2.75) is 33.4 Å². The minimum Gasteiger partial charge on any atom is -0.386 e. The van der Waals surface area contributed by atoms with Gasteiger partial charge in [-0.3, -0.25) is 0 Å². The van der Waals surface area contributed by atoms with E-state index < -0.39 is 6.10 Å². The molecule has 0 aliphatic heterocycles. The second-order valence-electron chi connectivity index (χ2n) is 5.74. The van der Waals surface area contributed by atoms with Crippen LogP contribution in [0.15, 0.2) is 30.5 Å². The molecule has 1 aromatic carbocycles. The van der Waals surface area contributed by atoms with E-state index in [2.05, 4.69) is 10.3 Å². The molecule has 19 heavy (non-hydrogen) atoms. The summed E-state index contributed by atoms with van der Waals surface area (Å²) in [5.41, 5.74) is 1.20. The second-order valence-corrected chi connectivity index (χ2v) is 5.74. The van der Waals surface area contributed by atoms with Gasteiger partial charge in [0.05, 0.1) is 12.7 Å². The number of rotatable bonds is 3. The molecule has 1 unspecified atom stereocenters. The Hall–Kier alpha value is -1.75. The van der Waals surface area contributed by atoms with Crippen molar-refractivity contribution in [3.8, 4) is 0 Å². The van der Waals surface area contributed by atoms with Gasteiger partial charge in [0.15, 0.2) is 0 Å². The van der Waals surface area contributed by atoms with Gasteiger partial charge in [0, 0.05) is 0 Å². The lowest BCUT2D eigenvalue weighted by Gasteiger charge is -2.23. The van der Waals surface area contributed by atoms with Crippen LogP contribution < -0.4 is 0 Å². The maximum atomic E-state index is 12.8. The van der Waals surface area contributed by atoms with Crippen LogP contribution in [0.1, 0.15) is 38.1 Å². The minimum absolute atomic E-state index is 0.258. The fourth-order valence-electron chi connectivity index (χ4n) is 1.74. The molecular formula is C14H18FN3O. The van der Waals surface area contributed by atoms with Crippen molar-refractivity contribution < 1.29 is 9.50 Å². The highest BCUT2D eigenvalue weighted by Gasteiger charge is 2.26. The van der Waals surface area contributed by atoms with E-state index in [1.807, 2.05) is 20.8 Å². The first-order chi connectivity index (χ1) is 8.86. The van der Waals surface area contributed by atoms with E-state index in [0.717, 1.165) is 5.56 Å². The van der Waals surface area contributed by atoms with Gasteiger partial charge in [0.25, 0.3) is 0 Å². The molecule has 0 fully saturated rings.